The first kappa shape index (κ1) is 13.7. The molecule has 19 heavy (non-hydrogen) atoms. The van der Waals surface area contributed by atoms with Crippen molar-refractivity contribution < 1.29 is 14.3 Å². The minimum Gasteiger partial charge on any atom is -0.493 e. The van der Waals surface area contributed by atoms with Gasteiger partial charge in [0.2, 0.25) is 0 Å². The number of hydrogen-bond donors (Lipinski definition) is 1. The summed E-state index contributed by atoms with van der Waals surface area (Å²) < 4.78 is 11.0. The molecule has 5 nitrogen and oxygen atoms in total. The van der Waals surface area contributed by atoms with E-state index in [2.05, 4.69) is 0 Å². The van der Waals surface area contributed by atoms with Gasteiger partial charge in [-0.2, -0.15) is 0 Å². The van der Waals surface area contributed by atoms with Gasteiger partial charge in [0.05, 0.1) is 13.2 Å². The van der Waals surface area contributed by atoms with Crippen LogP contribution in [-0.2, 0) is 4.74 Å². The number of carbonyl (C=O) groups is 1. The number of nitrogens with zero attached hydrogens (tertiary/aromatic N) is 1. The van der Waals surface area contributed by atoms with Gasteiger partial charge in [-0.1, -0.05) is 18.2 Å². The number of amides is 1. The Balaban J connectivity index is 2.09. The lowest BCUT2D eigenvalue weighted by Crippen LogP contribution is -2.27. The van der Waals surface area contributed by atoms with E-state index in [0.29, 0.717) is 26.2 Å². The first-order chi connectivity index (χ1) is 9.26. The number of rotatable bonds is 6. The maximum Gasteiger partial charge on any atom is 0.410 e. The SMILES string of the molecule is CCOc1ccccc1C1CN(CCCN)C(=O)O1. The molecule has 1 fully saturated rings. The third kappa shape index (κ3) is 3.17. The molecule has 1 unspecified atom stereocenters. The Morgan fingerprint density at radius 1 is 1.47 bits per heavy atom. The minimum atomic E-state index is -0.273. The van der Waals surface area contributed by atoms with Gasteiger partial charge < -0.3 is 20.1 Å². The highest BCUT2D eigenvalue weighted by molar-refractivity contribution is 5.70. The van der Waals surface area contributed by atoms with Gasteiger partial charge in [0, 0.05) is 12.1 Å². The fraction of sp³-hybridized carbons (Fsp3) is 0.500. The van der Waals surface area contributed by atoms with Crippen LogP contribution in [0.4, 0.5) is 4.79 Å². The van der Waals surface area contributed by atoms with E-state index < -0.39 is 0 Å². The van der Waals surface area contributed by atoms with E-state index in [1.165, 1.54) is 0 Å². The molecule has 0 bridgehead atoms. The maximum atomic E-state index is 11.8. The second-order valence-electron chi connectivity index (χ2n) is 4.43. The van der Waals surface area contributed by atoms with E-state index in [-0.39, 0.29) is 12.2 Å². The Morgan fingerprint density at radius 2 is 2.26 bits per heavy atom. The summed E-state index contributed by atoms with van der Waals surface area (Å²) in [6.45, 7) is 4.30. The zero-order chi connectivity index (χ0) is 13.7. The van der Waals surface area contributed by atoms with Gasteiger partial charge in [0.25, 0.3) is 0 Å². The van der Waals surface area contributed by atoms with Crippen molar-refractivity contribution in [2.45, 2.75) is 19.4 Å². The molecule has 1 aromatic carbocycles. The summed E-state index contributed by atoms with van der Waals surface area (Å²) in [6.07, 6.45) is 0.257. The number of carbonyl (C=O) groups excluding carboxylic acids is 1. The fourth-order valence-corrected chi connectivity index (χ4v) is 2.17. The third-order valence-corrected chi connectivity index (χ3v) is 3.09. The number of nitrogens with two attached hydrogens (primary N) is 1. The van der Waals surface area contributed by atoms with Crippen molar-refractivity contribution in [3.63, 3.8) is 0 Å². The maximum absolute atomic E-state index is 11.8. The number of benzene rings is 1. The number of ether oxygens (including phenoxy) is 2. The fourth-order valence-electron chi connectivity index (χ4n) is 2.17. The third-order valence-electron chi connectivity index (χ3n) is 3.09. The number of hydrogen-bond acceptors (Lipinski definition) is 4. The Hall–Kier alpha value is -1.75. The van der Waals surface area contributed by atoms with E-state index >= 15 is 0 Å². The molecular formula is C14H20N2O3. The molecule has 5 heteroatoms. The van der Waals surface area contributed by atoms with E-state index in [0.717, 1.165) is 17.7 Å². The zero-order valence-electron chi connectivity index (χ0n) is 11.2. The van der Waals surface area contributed by atoms with Gasteiger partial charge in [-0.3, -0.25) is 0 Å². The Labute approximate surface area is 113 Å². The number of para-hydroxylation sites is 1. The summed E-state index contributed by atoms with van der Waals surface area (Å²) in [7, 11) is 0. The second-order valence-corrected chi connectivity index (χ2v) is 4.43. The van der Waals surface area contributed by atoms with Crippen LogP contribution in [0.2, 0.25) is 0 Å². The molecule has 0 aromatic heterocycles. The van der Waals surface area contributed by atoms with Gasteiger partial charge in [0.15, 0.2) is 0 Å². The first-order valence-electron chi connectivity index (χ1n) is 6.63. The summed E-state index contributed by atoms with van der Waals surface area (Å²) in [4.78, 5) is 13.4. The van der Waals surface area contributed by atoms with E-state index in [4.69, 9.17) is 15.2 Å². The molecule has 1 heterocycles. The summed E-state index contributed by atoms with van der Waals surface area (Å²) in [5.41, 5.74) is 6.39. The molecule has 1 saturated heterocycles. The molecule has 0 aliphatic carbocycles. The molecular weight excluding hydrogens is 244 g/mol. The summed E-state index contributed by atoms with van der Waals surface area (Å²) >= 11 is 0. The molecule has 2 rings (SSSR count). The predicted molar refractivity (Wildman–Crippen MR) is 72.1 cm³/mol. The largest absolute Gasteiger partial charge is 0.493 e. The van der Waals surface area contributed by atoms with Gasteiger partial charge in [-0.05, 0) is 26.0 Å². The lowest BCUT2D eigenvalue weighted by atomic mass is 10.1. The highest BCUT2D eigenvalue weighted by Gasteiger charge is 2.33. The lowest BCUT2D eigenvalue weighted by Gasteiger charge is -2.14. The van der Waals surface area contributed by atoms with Crippen molar-refractivity contribution in [1.82, 2.24) is 4.90 Å². The van der Waals surface area contributed by atoms with E-state index in [1.54, 1.807) is 4.90 Å². The highest BCUT2D eigenvalue weighted by atomic mass is 16.6. The van der Waals surface area contributed by atoms with Crippen molar-refractivity contribution in [2.24, 2.45) is 5.73 Å². The molecule has 1 atom stereocenters. The summed E-state index contributed by atoms with van der Waals surface area (Å²) in [5, 5.41) is 0. The molecule has 1 aromatic rings. The second kappa shape index (κ2) is 6.43. The monoisotopic (exact) mass is 264 g/mol. The van der Waals surface area contributed by atoms with Crippen molar-refractivity contribution >= 4 is 6.09 Å². The van der Waals surface area contributed by atoms with Gasteiger partial charge >= 0.3 is 6.09 Å². The van der Waals surface area contributed by atoms with E-state index in [1.807, 2.05) is 31.2 Å². The van der Waals surface area contributed by atoms with Gasteiger partial charge in [-0.25, -0.2) is 4.79 Å². The van der Waals surface area contributed by atoms with Crippen LogP contribution in [0, 0.1) is 0 Å². The van der Waals surface area contributed by atoms with Crippen LogP contribution in [0.25, 0.3) is 0 Å². The molecule has 0 radical (unpaired) electrons. The van der Waals surface area contributed by atoms with E-state index in [9.17, 15) is 4.79 Å². The van der Waals surface area contributed by atoms with Crippen LogP contribution in [-0.4, -0.2) is 37.2 Å². The Morgan fingerprint density at radius 3 is 3.00 bits per heavy atom. The van der Waals surface area contributed by atoms with Crippen molar-refractivity contribution in [3.05, 3.63) is 29.8 Å². The van der Waals surface area contributed by atoms with Crippen molar-refractivity contribution in [2.75, 3.05) is 26.2 Å². The first-order valence-corrected chi connectivity index (χ1v) is 6.63. The van der Waals surface area contributed by atoms with Crippen LogP contribution in [0.15, 0.2) is 24.3 Å². The van der Waals surface area contributed by atoms with Gasteiger partial charge in [0.1, 0.15) is 11.9 Å². The number of cyclic esters (lactones) is 1. The average molecular weight is 264 g/mol. The van der Waals surface area contributed by atoms with Crippen LogP contribution in [0.5, 0.6) is 5.75 Å². The van der Waals surface area contributed by atoms with Crippen LogP contribution >= 0.6 is 0 Å². The molecule has 0 spiro atoms. The topological polar surface area (TPSA) is 64.8 Å². The summed E-state index contributed by atoms with van der Waals surface area (Å²) in [5.74, 6) is 0.781. The molecule has 1 aliphatic heterocycles. The standard InChI is InChI=1S/C14H20N2O3/c1-2-18-12-7-4-3-6-11(12)13-10-16(9-5-8-15)14(17)19-13/h3-4,6-7,13H,2,5,8-10,15H2,1H3. The molecule has 0 saturated carbocycles. The predicted octanol–water partition coefficient (Wildman–Crippen LogP) is 1.93. The van der Waals surface area contributed by atoms with Crippen LogP contribution in [0.1, 0.15) is 25.0 Å². The van der Waals surface area contributed by atoms with Crippen molar-refractivity contribution in [3.8, 4) is 5.75 Å². The highest BCUT2D eigenvalue weighted by Crippen LogP contribution is 2.32. The molecule has 1 amide bonds. The quantitative estimate of drug-likeness (QED) is 0.852. The Kier molecular flexibility index (Phi) is 4.63. The molecule has 1 aliphatic rings. The molecule has 2 N–H and O–H groups in total. The normalized spacial score (nSPS) is 18.5. The molecule has 104 valence electrons. The van der Waals surface area contributed by atoms with Crippen LogP contribution < -0.4 is 10.5 Å². The van der Waals surface area contributed by atoms with Crippen LogP contribution in [0.3, 0.4) is 0 Å². The average Bonchev–Trinajstić information content (AvgIpc) is 2.79. The van der Waals surface area contributed by atoms with Crippen molar-refractivity contribution in [1.29, 1.82) is 0 Å². The minimum absolute atomic E-state index is 0.256. The Bertz CT molecular complexity index is 436. The smallest absolute Gasteiger partial charge is 0.410 e. The van der Waals surface area contributed by atoms with Gasteiger partial charge in [-0.15, -0.1) is 0 Å². The lowest BCUT2D eigenvalue weighted by molar-refractivity contribution is 0.131. The zero-order valence-corrected chi connectivity index (χ0v) is 11.2. The summed E-state index contributed by atoms with van der Waals surface area (Å²) in [6, 6.07) is 7.68.